The molecule has 2 N–H and O–H groups in total. The first kappa shape index (κ1) is 17.3. The topological polar surface area (TPSA) is 75.6 Å². The van der Waals surface area contributed by atoms with Crippen molar-refractivity contribution < 1.29 is 19.4 Å². The van der Waals surface area contributed by atoms with Crippen LogP contribution in [0, 0.1) is 0 Å². The maximum absolute atomic E-state index is 12.4. The molecule has 25 heavy (non-hydrogen) atoms. The van der Waals surface area contributed by atoms with Crippen LogP contribution in [0.1, 0.15) is 25.8 Å². The third kappa shape index (κ3) is 3.20. The second-order valence-electron chi connectivity index (χ2n) is 6.68. The fourth-order valence-corrected chi connectivity index (χ4v) is 3.24. The summed E-state index contributed by atoms with van der Waals surface area (Å²) < 4.78 is 5.74. The van der Waals surface area contributed by atoms with Crippen LogP contribution in [-0.4, -0.2) is 22.5 Å². The van der Waals surface area contributed by atoms with Crippen LogP contribution in [0.5, 0.6) is 11.5 Å². The van der Waals surface area contributed by atoms with Gasteiger partial charge in [-0.1, -0.05) is 23.7 Å². The monoisotopic (exact) mass is 359 g/mol. The highest BCUT2D eigenvalue weighted by Gasteiger charge is 2.53. The molecule has 1 aliphatic heterocycles. The molecule has 130 valence electrons. The van der Waals surface area contributed by atoms with E-state index in [1.807, 2.05) is 0 Å². The summed E-state index contributed by atoms with van der Waals surface area (Å²) in [5.74, 6) is -0.0504. The molecule has 2 aromatic rings. The first-order chi connectivity index (χ1) is 11.7. The van der Waals surface area contributed by atoms with Crippen LogP contribution in [0.15, 0.2) is 48.5 Å². The number of halogens is 1. The first-order valence-corrected chi connectivity index (χ1v) is 8.21. The Morgan fingerprint density at radius 3 is 2.08 bits per heavy atom. The number of carboxylic acid groups (broad SMARTS) is 1. The number of nitrogens with one attached hydrogen (secondary N) is 1. The Morgan fingerprint density at radius 1 is 1.08 bits per heavy atom. The van der Waals surface area contributed by atoms with Crippen molar-refractivity contribution >= 4 is 23.5 Å². The largest absolute Gasteiger partial charge is 0.480 e. The molecule has 0 bridgehead atoms. The lowest BCUT2D eigenvalue weighted by Gasteiger charge is -2.23. The number of carboxylic acids is 1. The second kappa shape index (κ2) is 6.08. The molecule has 0 radical (unpaired) electrons. The minimum absolute atomic E-state index is 0.186. The normalized spacial score (nSPS) is 25.5. The number of benzene rings is 2. The summed E-state index contributed by atoms with van der Waals surface area (Å²) in [6, 6.07) is 14.1. The molecular weight excluding hydrogens is 342 g/mol. The summed E-state index contributed by atoms with van der Waals surface area (Å²) in [5, 5.41) is 12.6. The van der Waals surface area contributed by atoms with E-state index in [1.54, 1.807) is 55.5 Å². The van der Waals surface area contributed by atoms with Gasteiger partial charge in [-0.25, -0.2) is 4.79 Å². The SMILES string of the molecule is C[C@]1(C(=O)O)C[C@@](C)(c2ccc(Oc3ccc(Cl)cc3)cc2)C(=O)N1. The molecule has 3 rings (SSSR count). The van der Waals surface area contributed by atoms with Gasteiger partial charge in [-0.3, -0.25) is 4.79 Å². The van der Waals surface area contributed by atoms with Crippen molar-refractivity contribution in [2.45, 2.75) is 31.2 Å². The maximum atomic E-state index is 12.4. The zero-order valence-electron chi connectivity index (χ0n) is 13.9. The molecule has 5 nitrogen and oxygen atoms in total. The molecule has 0 aliphatic carbocycles. The van der Waals surface area contributed by atoms with Gasteiger partial charge in [0, 0.05) is 5.02 Å². The van der Waals surface area contributed by atoms with Crippen LogP contribution in [0.4, 0.5) is 0 Å². The average molecular weight is 360 g/mol. The Labute approximate surface area is 150 Å². The van der Waals surface area contributed by atoms with E-state index >= 15 is 0 Å². The molecule has 0 spiro atoms. The summed E-state index contributed by atoms with van der Waals surface area (Å²) >= 11 is 5.85. The Morgan fingerprint density at radius 2 is 1.60 bits per heavy atom. The smallest absolute Gasteiger partial charge is 0.329 e. The number of hydrogen-bond donors (Lipinski definition) is 2. The maximum Gasteiger partial charge on any atom is 0.329 e. The van der Waals surface area contributed by atoms with Crippen molar-refractivity contribution in [1.82, 2.24) is 5.32 Å². The van der Waals surface area contributed by atoms with E-state index in [1.165, 1.54) is 6.92 Å². The van der Waals surface area contributed by atoms with E-state index in [9.17, 15) is 14.7 Å². The summed E-state index contributed by atoms with van der Waals surface area (Å²) in [7, 11) is 0. The Balaban J connectivity index is 1.81. The van der Waals surface area contributed by atoms with Crippen LogP contribution in [0.2, 0.25) is 5.02 Å². The fraction of sp³-hybridized carbons (Fsp3) is 0.263. The predicted octanol–water partition coefficient (Wildman–Crippen LogP) is 3.75. The van der Waals surface area contributed by atoms with Crippen molar-refractivity contribution in [3.8, 4) is 11.5 Å². The molecule has 2 aromatic carbocycles. The molecule has 0 saturated carbocycles. The summed E-state index contributed by atoms with van der Waals surface area (Å²) in [6.45, 7) is 3.28. The minimum atomic E-state index is -1.26. The fourth-order valence-electron chi connectivity index (χ4n) is 3.11. The summed E-state index contributed by atoms with van der Waals surface area (Å²) in [5.41, 5.74) is -1.41. The molecule has 1 saturated heterocycles. The second-order valence-corrected chi connectivity index (χ2v) is 7.12. The average Bonchev–Trinajstić information content (AvgIpc) is 2.82. The quantitative estimate of drug-likeness (QED) is 0.871. The van der Waals surface area contributed by atoms with E-state index in [0.717, 1.165) is 5.56 Å². The molecule has 6 heteroatoms. The van der Waals surface area contributed by atoms with Gasteiger partial charge in [0.15, 0.2) is 0 Å². The van der Waals surface area contributed by atoms with Crippen LogP contribution in [-0.2, 0) is 15.0 Å². The van der Waals surface area contributed by atoms with E-state index in [4.69, 9.17) is 16.3 Å². The van der Waals surface area contributed by atoms with Gasteiger partial charge < -0.3 is 15.2 Å². The van der Waals surface area contributed by atoms with E-state index in [2.05, 4.69) is 5.32 Å². The van der Waals surface area contributed by atoms with E-state index in [0.29, 0.717) is 16.5 Å². The number of carbonyl (C=O) groups excluding carboxylic acids is 1. The summed E-state index contributed by atoms with van der Waals surface area (Å²) in [4.78, 5) is 23.8. The zero-order valence-corrected chi connectivity index (χ0v) is 14.6. The van der Waals surface area contributed by atoms with Crippen molar-refractivity contribution in [2.75, 3.05) is 0 Å². The van der Waals surface area contributed by atoms with E-state index < -0.39 is 16.9 Å². The predicted molar refractivity (Wildman–Crippen MR) is 94.1 cm³/mol. The van der Waals surface area contributed by atoms with Gasteiger partial charge in [-0.05, 0) is 62.2 Å². The van der Waals surface area contributed by atoms with Crippen LogP contribution in [0.25, 0.3) is 0 Å². The highest BCUT2D eigenvalue weighted by atomic mass is 35.5. The van der Waals surface area contributed by atoms with Crippen molar-refractivity contribution in [2.24, 2.45) is 0 Å². The van der Waals surface area contributed by atoms with E-state index in [-0.39, 0.29) is 12.3 Å². The van der Waals surface area contributed by atoms with Crippen LogP contribution >= 0.6 is 11.6 Å². The highest BCUT2D eigenvalue weighted by Crippen LogP contribution is 2.39. The number of aliphatic carboxylic acids is 1. The minimum Gasteiger partial charge on any atom is -0.480 e. The first-order valence-electron chi connectivity index (χ1n) is 7.83. The molecule has 1 fully saturated rings. The van der Waals surface area contributed by atoms with Gasteiger partial charge >= 0.3 is 5.97 Å². The van der Waals surface area contributed by atoms with Gasteiger partial charge in [0.05, 0.1) is 5.41 Å². The van der Waals surface area contributed by atoms with Crippen molar-refractivity contribution in [1.29, 1.82) is 0 Å². The number of amides is 1. The number of hydrogen-bond acceptors (Lipinski definition) is 3. The standard InChI is InChI=1S/C19H18ClNO4/c1-18(11-19(2,17(23)24)21-16(18)22)12-3-7-14(8-4-12)25-15-9-5-13(20)6-10-15/h3-10H,11H2,1-2H3,(H,21,22)(H,23,24)/t18-,19+/m0/s1. The molecule has 1 amide bonds. The lowest BCUT2D eigenvalue weighted by molar-refractivity contribution is -0.144. The van der Waals surface area contributed by atoms with Gasteiger partial charge in [0.2, 0.25) is 5.91 Å². The summed E-state index contributed by atoms with van der Waals surface area (Å²) in [6.07, 6.45) is 0.186. The number of carbonyl (C=O) groups is 2. The number of ether oxygens (including phenoxy) is 1. The third-order valence-corrected chi connectivity index (χ3v) is 4.86. The van der Waals surface area contributed by atoms with Crippen molar-refractivity contribution in [3.63, 3.8) is 0 Å². The van der Waals surface area contributed by atoms with Crippen molar-refractivity contribution in [3.05, 3.63) is 59.1 Å². The van der Waals surface area contributed by atoms with Gasteiger partial charge in [0.1, 0.15) is 17.0 Å². The number of rotatable bonds is 4. The Bertz CT molecular complexity index is 818. The van der Waals surface area contributed by atoms with Crippen LogP contribution < -0.4 is 10.1 Å². The molecule has 2 atom stereocenters. The zero-order chi connectivity index (χ0) is 18.2. The highest BCUT2D eigenvalue weighted by molar-refractivity contribution is 6.30. The third-order valence-electron chi connectivity index (χ3n) is 4.61. The van der Waals surface area contributed by atoms with Gasteiger partial charge in [-0.2, -0.15) is 0 Å². The molecule has 1 aliphatic rings. The molecule has 1 heterocycles. The van der Waals surface area contributed by atoms with Gasteiger partial charge in [-0.15, -0.1) is 0 Å². The molecule has 0 aromatic heterocycles. The molecule has 0 unspecified atom stereocenters. The Kier molecular flexibility index (Phi) is 4.21. The lowest BCUT2D eigenvalue weighted by atomic mass is 9.77. The molecular formula is C19H18ClNO4. The van der Waals surface area contributed by atoms with Crippen LogP contribution in [0.3, 0.4) is 0 Å². The Hall–Kier alpha value is -2.53. The lowest BCUT2D eigenvalue weighted by Crippen LogP contribution is -2.45. The van der Waals surface area contributed by atoms with Gasteiger partial charge in [0.25, 0.3) is 0 Å².